The van der Waals surface area contributed by atoms with Gasteiger partial charge in [0, 0.05) is 27.2 Å². The molecular formula is C13H18N4O2S. The number of anilines is 2. The van der Waals surface area contributed by atoms with Crippen LogP contribution in [0.15, 0.2) is 0 Å². The number of amides is 1. The zero-order valence-electron chi connectivity index (χ0n) is 11.6. The molecule has 0 aliphatic carbocycles. The number of nitrogens with two attached hydrogens (primary N) is 1. The summed E-state index contributed by atoms with van der Waals surface area (Å²) in [6, 6.07) is 2.12. The lowest BCUT2D eigenvalue weighted by molar-refractivity contribution is 0.0820. The topological polar surface area (TPSA) is 91.4 Å². The van der Waals surface area contributed by atoms with Gasteiger partial charge in [0.2, 0.25) is 0 Å². The molecule has 20 heavy (non-hydrogen) atoms. The van der Waals surface area contributed by atoms with Crippen LogP contribution in [0.25, 0.3) is 0 Å². The average molecular weight is 294 g/mol. The summed E-state index contributed by atoms with van der Waals surface area (Å²) < 4.78 is 5.34. The summed E-state index contributed by atoms with van der Waals surface area (Å²) >= 11 is 1.28. The van der Waals surface area contributed by atoms with E-state index in [2.05, 4.69) is 16.3 Å². The van der Waals surface area contributed by atoms with Crippen molar-refractivity contribution in [2.45, 2.75) is 18.9 Å². The first-order valence-electron chi connectivity index (χ1n) is 6.44. The van der Waals surface area contributed by atoms with E-state index in [0.29, 0.717) is 10.4 Å². The molecule has 0 saturated carbocycles. The minimum atomic E-state index is -0.248. The van der Waals surface area contributed by atoms with Crippen LogP contribution in [0.2, 0.25) is 0 Å². The van der Waals surface area contributed by atoms with Crippen LogP contribution in [0.3, 0.4) is 0 Å². The van der Waals surface area contributed by atoms with E-state index in [1.807, 2.05) is 0 Å². The normalized spacial score (nSPS) is 15.9. The van der Waals surface area contributed by atoms with Gasteiger partial charge in [-0.25, -0.2) is 0 Å². The van der Waals surface area contributed by atoms with E-state index in [1.165, 1.54) is 11.3 Å². The fourth-order valence-corrected chi connectivity index (χ4v) is 3.51. The molecule has 108 valence electrons. The summed E-state index contributed by atoms with van der Waals surface area (Å²) in [6.45, 7) is 1.61. The molecule has 1 amide bonds. The van der Waals surface area contributed by atoms with Gasteiger partial charge in [-0.1, -0.05) is 0 Å². The number of piperidine rings is 1. The van der Waals surface area contributed by atoms with Crippen molar-refractivity contribution >= 4 is 27.9 Å². The van der Waals surface area contributed by atoms with Crippen molar-refractivity contribution in [2.24, 2.45) is 0 Å². The number of methoxy groups -OCH3 is 1. The minimum Gasteiger partial charge on any atom is -0.396 e. The van der Waals surface area contributed by atoms with Crippen LogP contribution in [0, 0.1) is 11.3 Å². The molecule has 0 atom stereocenters. The molecule has 1 saturated heterocycles. The molecule has 0 spiro atoms. The van der Waals surface area contributed by atoms with E-state index in [9.17, 15) is 10.1 Å². The zero-order chi connectivity index (χ0) is 14.7. The number of ether oxygens (including phenoxy) is 1. The number of hydrogen-bond acceptors (Lipinski definition) is 6. The molecule has 1 fully saturated rings. The first-order valence-corrected chi connectivity index (χ1v) is 7.26. The Bertz CT molecular complexity index is 541. The number of carbonyl (C=O) groups excluding carboxylic acids is 1. The summed E-state index contributed by atoms with van der Waals surface area (Å²) in [6.07, 6.45) is 2.09. The molecule has 2 heterocycles. The summed E-state index contributed by atoms with van der Waals surface area (Å²) in [5.41, 5.74) is 6.61. The van der Waals surface area contributed by atoms with Crippen LogP contribution in [0.4, 0.5) is 10.7 Å². The summed E-state index contributed by atoms with van der Waals surface area (Å²) in [5, 5.41) is 12.6. The predicted molar refractivity (Wildman–Crippen MR) is 79.1 cm³/mol. The van der Waals surface area contributed by atoms with E-state index < -0.39 is 0 Å². The van der Waals surface area contributed by atoms with E-state index >= 15 is 0 Å². The fraction of sp³-hybridized carbons (Fsp3) is 0.538. The maximum Gasteiger partial charge on any atom is 0.263 e. The Labute approximate surface area is 122 Å². The third-order valence-electron chi connectivity index (χ3n) is 3.53. The Balaban J connectivity index is 2.28. The van der Waals surface area contributed by atoms with Crippen molar-refractivity contribution < 1.29 is 9.53 Å². The zero-order valence-corrected chi connectivity index (χ0v) is 12.4. The Kier molecular flexibility index (Phi) is 4.47. The second-order valence-corrected chi connectivity index (χ2v) is 5.64. The van der Waals surface area contributed by atoms with Gasteiger partial charge in [-0.3, -0.25) is 4.79 Å². The van der Waals surface area contributed by atoms with Gasteiger partial charge in [0.15, 0.2) is 0 Å². The Hall–Kier alpha value is -1.78. The van der Waals surface area contributed by atoms with Crippen molar-refractivity contribution in [2.75, 3.05) is 37.9 Å². The van der Waals surface area contributed by atoms with Crippen molar-refractivity contribution in [3.8, 4) is 6.07 Å². The lowest BCUT2D eigenvalue weighted by Crippen LogP contribution is -2.36. The number of nitrogens with one attached hydrogen (secondary N) is 1. The number of nitriles is 1. The second-order valence-electron chi connectivity index (χ2n) is 4.64. The lowest BCUT2D eigenvalue weighted by atomic mass is 10.1. The third-order valence-corrected chi connectivity index (χ3v) is 4.80. The highest BCUT2D eigenvalue weighted by Crippen LogP contribution is 2.38. The van der Waals surface area contributed by atoms with Gasteiger partial charge >= 0.3 is 0 Å². The van der Waals surface area contributed by atoms with Crippen LogP contribution in [0.1, 0.15) is 28.1 Å². The van der Waals surface area contributed by atoms with Crippen LogP contribution in [0.5, 0.6) is 0 Å². The predicted octanol–water partition coefficient (Wildman–Crippen LogP) is 1.18. The summed E-state index contributed by atoms with van der Waals surface area (Å²) in [5.74, 6) is -0.248. The van der Waals surface area contributed by atoms with Crippen LogP contribution in [-0.2, 0) is 4.74 Å². The molecule has 1 aromatic heterocycles. The molecular weight excluding hydrogens is 276 g/mol. The van der Waals surface area contributed by atoms with Crippen molar-refractivity contribution in [3.63, 3.8) is 0 Å². The first kappa shape index (κ1) is 14.6. The van der Waals surface area contributed by atoms with Gasteiger partial charge in [-0.15, -0.1) is 11.3 Å². The van der Waals surface area contributed by atoms with Crippen molar-refractivity contribution in [1.29, 1.82) is 5.26 Å². The van der Waals surface area contributed by atoms with Crippen LogP contribution in [-0.4, -0.2) is 39.3 Å². The van der Waals surface area contributed by atoms with Crippen molar-refractivity contribution in [1.82, 2.24) is 5.32 Å². The maximum atomic E-state index is 11.8. The van der Waals surface area contributed by atoms with Gasteiger partial charge in [-0.05, 0) is 12.8 Å². The summed E-state index contributed by atoms with van der Waals surface area (Å²) in [4.78, 5) is 14.3. The summed E-state index contributed by atoms with van der Waals surface area (Å²) in [7, 11) is 3.27. The smallest absolute Gasteiger partial charge is 0.263 e. The highest BCUT2D eigenvalue weighted by Gasteiger charge is 2.27. The van der Waals surface area contributed by atoms with Gasteiger partial charge < -0.3 is 20.7 Å². The standard InChI is InChI=1S/C13H18N4O2S/c1-16-12(18)11-10(15)9(7-14)13(20-11)17-5-3-8(19-2)4-6-17/h8H,3-6,15H2,1-2H3,(H,16,18). The number of nitrogen functional groups attached to an aromatic ring is 1. The van der Waals surface area contributed by atoms with Gasteiger partial charge in [0.25, 0.3) is 5.91 Å². The average Bonchev–Trinajstić information content (AvgIpc) is 2.83. The highest BCUT2D eigenvalue weighted by molar-refractivity contribution is 7.19. The molecule has 1 aliphatic heterocycles. The maximum absolute atomic E-state index is 11.8. The quantitative estimate of drug-likeness (QED) is 0.873. The first-order chi connectivity index (χ1) is 9.62. The van der Waals surface area contributed by atoms with Gasteiger partial charge in [0.05, 0.1) is 11.8 Å². The largest absolute Gasteiger partial charge is 0.396 e. The van der Waals surface area contributed by atoms with E-state index in [-0.39, 0.29) is 17.7 Å². The molecule has 0 bridgehead atoms. The molecule has 1 aromatic rings. The van der Waals surface area contributed by atoms with Crippen LogP contribution >= 0.6 is 11.3 Å². The molecule has 0 radical (unpaired) electrons. The van der Waals surface area contributed by atoms with Crippen LogP contribution < -0.4 is 16.0 Å². The molecule has 0 aromatic carbocycles. The molecule has 3 N–H and O–H groups in total. The number of thiophene rings is 1. The van der Waals surface area contributed by atoms with E-state index in [4.69, 9.17) is 10.5 Å². The number of hydrogen-bond donors (Lipinski definition) is 2. The molecule has 1 aliphatic rings. The van der Waals surface area contributed by atoms with E-state index in [0.717, 1.165) is 30.9 Å². The monoisotopic (exact) mass is 294 g/mol. The number of carbonyl (C=O) groups is 1. The minimum absolute atomic E-state index is 0.248. The highest BCUT2D eigenvalue weighted by atomic mass is 32.1. The second kappa shape index (κ2) is 6.11. The third kappa shape index (κ3) is 2.57. The SMILES string of the molecule is CNC(=O)c1sc(N2CCC(OC)CC2)c(C#N)c1N. The number of rotatable bonds is 3. The fourth-order valence-electron chi connectivity index (χ4n) is 2.34. The van der Waals surface area contributed by atoms with E-state index in [1.54, 1.807) is 14.2 Å². The molecule has 7 heteroatoms. The lowest BCUT2D eigenvalue weighted by Gasteiger charge is -2.32. The number of nitrogens with zero attached hydrogens (tertiary/aromatic N) is 2. The molecule has 6 nitrogen and oxygen atoms in total. The van der Waals surface area contributed by atoms with Gasteiger partial charge in [0.1, 0.15) is 21.5 Å². The molecule has 0 unspecified atom stereocenters. The molecule has 2 rings (SSSR count). The van der Waals surface area contributed by atoms with Crippen molar-refractivity contribution in [3.05, 3.63) is 10.4 Å². The Morgan fingerprint density at radius 1 is 1.55 bits per heavy atom. The Morgan fingerprint density at radius 3 is 2.70 bits per heavy atom. The Morgan fingerprint density at radius 2 is 2.20 bits per heavy atom. The van der Waals surface area contributed by atoms with Gasteiger partial charge in [-0.2, -0.15) is 5.26 Å².